The predicted molar refractivity (Wildman–Crippen MR) is 86.4 cm³/mol. The molecule has 0 aliphatic carbocycles. The average Bonchev–Trinajstić information content (AvgIpc) is 2.67. The number of benzene rings is 2. The van der Waals surface area contributed by atoms with Crippen LogP contribution in [0.3, 0.4) is 0 Å². The third kappa shape index (κ3) is 2.91. The van der Waals surface area contributed by atoms with Crippen LogP contribution in [0, 0.1) is 12.7 Å². The molecule has 0 saturated carbocycles. The number of para-hydroxylation sites is 2. The lowest BCUT2D eigenvalue weighted by Crippen LogP contribution is -2.12. The number of anilines is 1. The fourth-order valence-corrected chi connectivity index (χ4v) is 3.18. The lowest BCUT2D eigenvalue weighted by atomic mass is 9.99. The molecule has 1 aliphatic rings. The van der Waals surface area contributed by atoms with Gasteiger partial charge in [0.2, 0.25) is 0 Å². The molecule has 1 heterocycles. The van der Waals surface area contributed by atoms with Crippen LogP contribution in [0.2, 0.25) is 0 Å². The van der Waals surface area contributed by atoms with Crippen LogP contribution in [0.15, 0.2) is 40.9 Å². The van der Waals surface area contributed by atoms with Crippen LogP contribution in [0.4, 0.5) is 10.1 Å². The van der Waals surface area contributed by atoms with E-state index in [1.807, 2.05) is 25.1 Å². The summed E-state index contributed by atoms with van der Waals surface area (Å²) < 4.78 is 20.6. The Morgan fingerprint density at radius 2 is 2.05 bits per heavy atom. The minimum Gasteiger partial charge on any atom is -0.493 e. The molecule has 0 spiro atoms. The van der Waals surface area contributed by atoms with E-state index < -0.39 is 0 Å². The first kappa shape index (κ1) is 14.4. The zero-order valence-corrected chi connectivity index (χ0v) is 13.4. The summed E-state index contributed by atoms with van der Waals surface area (Å²) in [5.74, 6) is 0.684. The van der Waals surface area contributed by atoms with Gasteiger partial charge in [0.25, 0.3) is 0 Å². The van der Waals surface area contributed by atoms with Gasteiger partial charge in [0.15, 0.2) is 0 Å². The molecule has 3 rings (SSSR count). The van der Waals surface area contributed by atoms with E-state index in [-0.39, 0.29) is 11.9 Å². The maximum atomic E-state index is 14.0. The summed E-state index contributed by atoms with van der Waals surface area (Å²) in [5, 5.41) is 3.34. The minimum atomic E-state index is -0.247. The van der Waals surface area contributed by atoms with Gasteiger partial charge in [-0.15, -0.1) is 0 Å². The van der Waals surface area contributed by atoms with Crippen molar-refractivity contribution < 1.29 is 9.13 Å². The average molecular weight is 350 g/mol. The molecule has 1 unspecified atom stereocenters. The smallest absolute Gasteiger partial charge is 0.147 e. The van der Waals surface area contributed by atoms with Crippen LogP contribution in [0.25, 0.3) is 0 Å². The molecule has 0 saturated heterocycles. The lowest BCUT2D eigenvalue weighted by molar-refractivity contribution is 0.314. The van der Waals surface area contributed by atoms with Crippen molar-refractivity contribution in [2.24, 2.45) is 0 Å². The highest BCUT2D eigenvalue weighted by molar-refractivity contribution is 9.10. The van der Waals surface area contributed by atoms with E-state index in [1.165, 1.54) is 6.07 Å². The molecule has 4 heteroatoms. The minimum absolute atomic E-state index is 0.0515. The van der Waals surface area contributed by atoms with Gasteiger partial charge >= 0.3 is 0 Å². The number of nitrogens with one attached hydrogen (secondary N) is 1. The van der Waals surface area contributed by atoms with Crippen LogP contribution in [0.1, 0.15) is 30.0 Å². The van der Waals surface area contributed by atoms with E-state index in [0.717, 1.165) is 34.2 Å². The molecule has 2 aromatic carbocycles. The number of aryl methyl sites for hydroxylation is 1. The third-order valence-electron chi connectivity index (χ3n) is 3.78. The summed E-state index contributed by atoms with van der Waals surface area (Å²) in [6.45, 7) is 2.74. The molecule has 0 aromatic heterocycles. The molecule has 21 heavy (non-hydrogen) atoms. The summed E-state index contributed by atoms with van der Waals surface area (Å²) in [6, 6.07) is 11.2. The summed E-state index contributed by atoms with van der Waals surface area (Å²) >= 11 is 3.41. The highest BCUT2D eigenvalue weighted by Crippen LogP contribution is 2.38. The van der Waals surface area contributed by atoms with Crippen LogP contribution >= 0.6 is 15.9 Å². The quantitative estimate of drug-likeness (QED) is 0.802. The Hall–Kier alpha value is -1.55. The summed E-state index contributed by atoms with van der Waals surface area (Å²) in [5.41, 5.74) is 2.73. The van der Waals surface area contributed by atoms with Crippen LogP contribution < -0.4 is 10.1 Å². The van der Waals surface area contributed by atoms with Crippen LogP contribution in [-0.2, 0) is 0 Å². The Bertz CT molecular complexity index is 639. The molecule has 0 fully saturated rings. The van der Waals surface area contributed by atoms with Crippen molar-refractivity contribution in [1.29, 1.82) is 0 Å². The molecule has 0 bridgehead atoms. The van der Waals surface area contributed by atoms with Gasteiger partial charge in [0.05, 0.1) is 18.3 Å². The number of hydrogen-bond donors (Lipinski definition) is 1. The van der Waals surface area contributed by atoms with E-state index in [0.29, 0.717) is 12.3 Å². The third-order valence-corrected chi connectivity index (χ3v) is 4.44. The first-order valence-electron chi connectivity index (χ1n) is 7.09. The fourth-order valence-electron chi connectivity index (χ4n) is 2.72. The molecule has 2 nitrogen and oxygen atoms in total. The van der Waals surface area contributed by atoms with Gasteiger partial charge in [0.1, 0.15) is 11.6 Å². The van der Waals surface area contributed by atoms with Crippen molar-refractivity contribution in [2.45, 2.75) is 25.8 Å². The van der Waals surface area contributed by atoms with E-state index >= 15 is 0 Å². The molecular weight excluding hydrogens is 333 g/mol. The standard InChI is InChI=1S/C17H17BrFNO/c1-11-5-2-6-12-15(9-4-10-21-17(11)12)20-16-13(18)7-3-8-14(16)19/h2-3,5-8,15,20H,4,9-10H2,1H3. The Labute approximate surface area is 132 Å². The van der Waals surface area contributed by atoms with E-state index in [2.05, 4.69) is 27.3 Å². The van der Waals surface area contributed by atoms with Gasteiger partial charge in [-0.25, -0.2) is 4.39 Å². The summed E-state index contributed by atoms with van der Waals surface area (Å²) in [4.78, 5) is 0. The first-order valence-corrected chi connectivity index (χ1v) is 7.89. The van der Waals surface area contributed by atoms with Crippen molar-refractivity contribution in [2.75, 3.05) is 11.9 Å². The van der Waals surface area contributed by atoms with Crippen molar-refractivity contribution in [1.82, 2.24) is 0 Å². The normalized spacial score (nSPS) is 17.6. The fraction of sp³-hybridized carbons (Fsp3) is 0.294. The van der Waals surface area contributed by atoms with Gasteiger partial charge < -0.3 is 10.1 Å². The maximum absolute atomic E-state index is 14.0. The summed E-state index contributed by atoms with van der Waals surface area (Å²) in [6.07, 6.45) is 1.86. The Morgan fingerprint density at radius 1 is 1.24 bits per heavy atom. The first-order chi connectivity index (χ1) is 10.2. The molecular formula is C17H17BrFNO. The number of fused-ring (bicyclic) bond motifs is 1. The van der Waals surface area contributed by atoms with Crippen molar-refractivity contribution in [3.8, 4) is 5.75 Å². The largest absolute Gasteiger partial charge is 0.493 e. The SMILES string of the molecule is Cc1cccc2c1OCCCC2Nc1c(F)cccc1Br. The van der Waals surface area contributed by atoms with Crippen molar-refractivity contribution >= 4 is 21.6 Å². The Balaban J connectivity index is 1.98. The van der Waals surface area contributed by atoms with Gasteiger partial charge in [-0.3, -0.25) is 0 Å². The second-order valence-electron chi connectivity index (χ2n) is 5.28. The lowest BCUT2D eigenvalue weighted by Gasteiger charge is -2.21. The number of hydrogen-bond acceptors (Lipinski definition) is 2. The van der Waals surface area contributed by atoms with Gasteiger partial charge in [-0.2, -0.15) is 0 Å². The van der Waals surface area contributed by atoms with Crippen molar-refractivity contribution in [3.63, 3.8) is 0 Å². The molecule has 1 atom stereocenters. The topological polar surface area (TPSA) is 21.3 Å². The number of ether oxygens (including phenoxy) is 1. The second kappa shape index (κ2) is 6.06. The van der Waals surface area contributed by atoms with Crippen molar-refractivity contribution in [3.05, 3.63) is 57.8 Å². The predicted octanol–water partition coefficient (Wildman–Crippen LogP) is 5.22. The number of halogens is 2. The highest BCUT2D eigenvalue weighted by Gasteiger charge is 2.22. The molecule has 0 radical (unpaired) electrons. The molecule has 1 aliphatic heterocycles. The molecule has 2 aromatic rings. The number of rotatable bonds is 2. The maximum Gasteiger partial charge on any atom is 0.147 e. The van der Waals surface area contributed by atoms with E-state index in [9.17, 15) is 4.39 Å². The second-order valence-corrected chi connectivity index (χ2v) is 6.13. The summed E-state index contributed by atoms with van der Waals surface area (Å²) in [7, 11) is 0. The Kier molecular flexibility index (Phi) is 4.15. The zero-order valence-electron chi connectivity index (χ0n) is 11.8. The van der Waals surface area contributed by atoms with Crippen LogP contribution in [0.5, 0.6) is 5.75 Å². The van der Waals surface area contributed by atoms with Gasteiger partial charge in [-0.05, 0) is 53.4 Å². The zero-order chi connectivity index (χ0) is 14.8. The molecule has 1 N–H and O–H groups in total. The highest BCUT2D eigenvalue weighted by atomic mass is 79.9. The molecule has 0 amide bonds. The Morgan fingerprint density at radius 3 is 2.86 bits per heavy atom. The monoisotopic (exact) mass is 349 g/mol. The molecule has 110 valence electrons. The van der Waals surface area contributed by atoms with Gasteiger partial charge in [-0.1, -0.05) is 24.3 Å². The van der Waals surface area contributed by atoms with E-state index in [4.69, 9.17) is 4.74 Å². The van der Waals surface area contributed by atoms with E-state index in [1.54, 1.807) is 6.07 Å². The van der Waals surface area contributed by atoms with Gasteiger partial charge in [0, 0.05) is 10.0 Å². The van der Waals surface area contributed by atoms with Crippen LogP contribution in [-0.4, -0.2) is 6.61 Å².